The highest BCUT2D eigenvalue weighted by molar-refractivity contribution is 9.10. The molecule has 1 saturated heterocycles. The van der Waals surface area contributed by atoms with Crippen molar-refractivity contribution >= 4 is 28.1 Å². The van der Waals surface area contributed by atoms with Crippen molar-refractivity contribution in [3.8, 4) is 5.75 Å². The van der Waals surface area contributed by atoms with Crippen molar-refractivity contribution in [1.29, 1.82) is 0 Å². The third-order valence-electron chi connectivity index (χ3n) is 3.79. The first-order valence-electron chi connectivity index (χ1n) is 8.42. The molecule has 2 rings (SSSR count). The molecule has 2 amide bonds. The molecule has 0 atom stereocenters. The fourth-order valence-corrected chi connectivity index (χ4v) is 2.98. The average Bonchev–Trinajstić information content (AvgIpc) is 2.55. The summed E-state index contributed by atoms with van der Waals surface area (Å²) in [6.07, 6.45) is 0.106. The molecule has 1 aromatic rings. The number of carbonyl (C=O) groups is 2. The van der Waals surface area contributed by atoms with E-state index in [1.165, 1.54) is 0 Å². The summed E-state index contributed by atoms with van der Waals surface area (Å²) in [7, 11) is 0. The quantitative estimate of drug-likeness (QED) is 0.734. The van der Waals surface area contributed by atoms with Crippen molar-refractivity contribution in [2.45, 2.75) is 39.7 Å². The number of nitrogens with zero attached hydrogens (tertiary/aromatic N) is 2. The van der Waals surface area contributed by atoms with E-state index in [4.69, 9.17) is 9.47 Å². The van der Waals surface area contributed by atoms with E-state index in [1.807, 2.05) is 39.8 Å². The van der Waals surface area contributed by atoms with E-state index in [9.17, 15) is 9.59 Å². The molecule has 1 aliphatic heterocycles. The Bertz CT molecular complexity index is 634. The van der Waals surface area contributed by atoms with Gasteiger partial charge in [-0.1, -0.05) is 22.9 Å². The van der Waals surface area contributed by atoms with E-state index >= 15 is 0 Å². The molecular weight excluding hydrogens is 388 g/mol. The SMILES string of the molecule is CCc1cc(OC(=O)N2CCN(C(=O)OC(C)(C)C)CC2)ccc1Br. The van der Waals surface area contributed by atoms with Crippen LogP contribution >= 0.6 is 15.9 Å². The van der Waals surface area contributed by atoms with Crippen LogP contribution < -0.4 is 4.74 Å². The molecule has 1 fully saturated rings. The van der Waals surface area contributed by atoms with Gasteiger partial charge in [0.25, 0.3) is 0 Å². The molecule has 0 spiro atoms. The lowest BCUT2D eigenvalue weighted by Gasteiger charge is -2.35. The molecule has 138 valence electrons. The Morgan fingerprint density at radius 3 is 2.16 bits per heavy atom. The van der Waals surface area contributed by atoms with Crippen LogP contribution in [0, 0.1) is 0 Å². The summed E-state index contributed by atoms with van der Waals surface area (Å²) < 4.78 is 11.8. The van der Waals surface area contributed by atoms with Gasteiger partial charge in [0, 0.05) is 30.7 Å². The summed E-state index contributed by atoms with van der Waals surface area (Å²) in [5.41, 5.74) is 0.561. The summed E-state index contributed by atoms with van der Waals surface area (Å²) in [4.78, 5) is 27.6. The minimum Gasteiger partial charge on any atom is -0.444 e. The largest absolute Gasteiger partial charge is 0.444 e. The first kappa shape index (κ1) is 19.6. The second kappa shape index (κ2) is 8.08. The minimum atomic E-state index is -0.522. The smallest absolute Gasteiger partial charge is 0.415 e. The normalized spacial score (nSPS) is 15.1. The molecule has 0 saturated carbocycles. The Hall–Kier alpha value is -1.76. The molecule has 0 aliphatic carbocycles. The van der Waals surface area contributed by atoms with Gasteiger partial charge >= 0.3 is 12.2 Å². The van der Waals surface area contributed by atoms with Gasteiger partial charge in [-0.3, -0.25) is 0 Å². The second-order valence-corrected chi connectivity index (χ2v) is 7.78. The molecular formula is C18H25BrN2O4. The van der Waals surface area contributed by atoms with Crippen LogP contribution in [0.25, 0.3) is 0 Å². The zero-order valence-corrected chi connectivity index (χ0v) is 16.8. The lowest BCUT2D eigenvalue weighted by Crippen LogP contribution is -2.52. The van der Waals surface area contributed by atoms with E-state index in [0.29, 0.717) is 31.9 Å². The molecule has 1 aromatic carbocycles. The molecule has 0 aromatic heterocycles. The Labute approximate surface area is 157 Å². The van der Waals surface area contributed by atoms with Crippen LogP contribution in [0.4, 0.5) is 9.59 Å². The van der Waals surface area contributed by atoms with Crippen molar-refractivity contribution < 1.29 is 19.1 Å². The van der Waals surface area contributed by atoms with Gasteiger partial charge in [0.1, 0.15) is 11.4 Å². The van der Waals surface area contributed by atoms with E-state index in [-0.39, 0.29) is 6.09 Å². The van der Waals surface area contributed by atoms with Gasteiger partial charge < -0.3 is 19.3 Å². The van der Waals surface area contributed by atoms with E-state index in [0.717, 1.165) is 16.5 Å². The number of amides is 2. The molecule has 1 aliphatic rings. The first-order valence-corrected chi connectivity index (χ1v) is 9.22. The van der Waals surface area contributed by atoms with Gasteiger partial charge in [-0.25, -0.2) is 9.59 Å². The number of piperazine rings is 1. The Morgan fingerprint density at radius 1 is 1.08 bits per heavy atom. The van der Waals surface area contributed by atoms with Crippen LogP contribution in [0.2, 0.25) is 0 Å². The monoisotopic (exact) mass is 412 g/mol. The van der Waals surface area contributed by atoms with E-state index < -0.39 is 11.7 Å². The number of ether oxygens (including phenoxy) is 2. The first-order chi connectivity index (χ1) is 11.7. The molecule has 7 heteroatoms. The molecule has 0 radical (unpaired) electrons. The predicted octanol–water partition coefficient (Wildman–Crippen LogP) is 4.06. The van der Waals surface area contributed by atoms with Gasteiger partial charge in [0.15, 0.2) is 0 Å². The van der Waals surface area contributed by atoms with Gasteiger partial charge in [-0.2, -0.15) is 0 Å². The third-order valence-corrected chi connectivity index (χ3v) is 4.57. The number of benzene rings is 1. The van der Waals surface area contributed by atoms with Crippen LogP contribution in [0.15, 0.2) is 22.7 Å². The average molecular weight is 413 g/mol. The van der Waals surface area contributed by atoms with E-state index in [1.54, 1.807) is 15.9 Å². The summed E-state index contributed by atoms with van der Waals surface area (Å²) >= 11 is 3.47. The standard InChI is InChI=1S/C18H25BrN2O4/c1-5-13-12-14(6-7-15(13)19)24-16(22)20-8-10-21(11-9-20)17(23)25-18(2,3)4/h6-7,12H,5,8-11H2,1-4H3. The van der Waals surface area contributed by atoms with Gasteiger partial charge in [-0.05, 0) is 51.0 Å². The lowest BCUT2D eigenvalue weighted by molar-refractivity contribution is 0.0154. The fourth-order valence-electron chi connectivity index (χ4n) is 2.45. The summed E-state index contributed by atoms with van der Waals surface area (Å²) in [6, 6.07) is 5.50. The Balaban J connectivity index is 1.88. The summed E-state index contributed by atoms with van der Waals surface area (Å²) in [5, 5.41) is 0. The highest BCUT2D eigenvalue weighted by Gasteiger charge is 2.28. The topological polar surface area (TPSA) is 59.1 Å². The summed E-state index contributed by atoms with van der Waals surface area (Å²) in [5.74, 6) is 0.527. The number of halogens is 1. The minimum absolute atomic E-state index is 0.346. The molecule has 6 nitrogen and oxygen atoms in total. The number of hydrogen-bond donors (Lipinski definition) is 0. The molecule has 25 heavy (non-hydrogen) atoms. The van der Waals surface area contributed by atoms with Crippen LogP contribution in [-0.2, 0) is 11.2 Å². The molecule has 0 unspecified atom stereocenters. The number of rotatable bonds is 2. The van der Waals surface area contributed by atoms with Crippen molar-refractivity contribution in [3.05, 3.63) is 28.2 Å². The maximum absolute atomic E-state index is 12.3. The van der Waals surface area contributed by atoms with Crippen LogP contribution in [0.1, 0.15) is 33.3 Å². The lowest BCUT2D eigenvalue weighted by atomic mass is 10.2. The zero-order valence-electron chi connectivity index (χ0n) is 15.2. The van der Waals surface area contributed by atoms with Crippen LogP contribution in [0.3, 0.4) is 0 Å². The number of carbonyl (C=O) groups excluding carboxylic acids is 2. The Kier molecular flexibility index (Phi) is 6.32. The number of aryl methyl sites for hydroxylation is 1. The highest BCUT2D eigenvalue weighted by atomic mass is 79.9. The van der Waals surface area contributed by atoms with Gasteiger partial charge in [0.05, 0.1) is 0 Å². The molecule has 1 heterocycles. The van der Waals surface area contributed by atoms with Gasteiger partial charge in [-0.15, -0.1) is 0 Å². The Morgan fingerprint density at radius 2 is 1.64 bits per heavy atom. The van der Waals surface area contributed by atoms with Crippen molar-refractivity contribution in [3.63, 3.8) is 0 Å². The van der Waals surface area contributed by atoms with Crippen molar-refractivity contribution in [2.75, 3.05) is 26.2 Å². The maximum atomic E-state index is 12.3. The van der Waals surface area contributed by atoms with Crippen molar-refractivity contribution in [2.24, 2.45) is 0 Å². The molecule has 0 N–H and O–H groups in total. The van der Waals surface area contributed by atoms with Crippen LogP contribution in [0.5, 0.6) is 5.75 Å². The van der Waals surface area contributed by atoms with Gasteiger partial charge in [0.2, 0.25) is 0 Å². The maximum Gasteiger partial charge on any atom is 0.415 e. The fraction of sp³-hybridized carbons (Fsp3) is 0.556. The predicted molar refractivity (Wildman–Crippen MR) is 98.9 cm³/mol. The van der Waals surface area contributed by atoms with E-state index in [2.05, 4.69) is 15.9 Å². The zero-order chi connectivity index (χ0) is 18.6. The number of hydrogen-bond acceptors (Lipinski definition) is 4. The van der Waals surface area contributed by atoms with Crippen molar-refractivity contribution in [1.82, 2.24) is 9.80 Å². The highest BCUT2D eigenvalue weighted by Crippen LogP contribution is 2.23. The third kappa shape index (κ3) is 5.63. The second-order valence-electron chi connectivity index (χ2n) is 6.93. The summed E-state index contributed by atoms with van der Waals surface area (Å²) in [6.45, 7) is 9.27. The molecule has 0 bridgehead atoms. The van der Waals surface area contributed by atoms with Crippen LogP contribution in [-0.4, -0.2) is 53.8 Å².